The van der Waals surface area contributed by atoms with Gasteiger partial charge in [-0.05, 0) is 62.7 Å². The highest BCUT2D eigenvalue weighted by Gasteiger charge is 2.49. The Labute approximate surface area is 115 Å². The fourth-order valence-electron chi connectivity index (χ4n) is 5.45. The van der Waals surface area contributed by atoms with Crippen LogP contribution in [0.2, 0.25) is 0 Å². The Morgan fingerprint density at radius 1 is 1.16 bits per heavy atom. The molecule has 0 aromatic carbocycles. The van der Waals surface area contributed by atoms with Crippen molar-refractivity contribution in [1.29, 1.82) is 0 Å². The highest BCUT2D eigenvalue weighted by Crippen LogP contribution is 2.59. The molecule has 4 bridgehead atoms. The lowest BCUT2D eigenvalue weighted by Crippen LogP contribution is -2.44. The van der Waals surface area contributed by atoms with E-state index in [0.717, 1.165) is 36.1 Å². The van der Waals surface area contributed by atoms with Crippen LogP contribution in [0.1, 0.15) is 56.2 Å². The first-order valence-electron chi connectivity index (χ1n) is 8.04. The molecule has 4 saturated carbocycles. The zero-order valence-electron chi connectivity index (χ0n) is 11.9. The topological polar surface area (TPSA) is 43.8 Å². The summed E-state index contributed by atoms with van der Waals surface area (Å²) in [6, 6.07) is 0. The van der Waals surface area contributed by atoms with E-state index in [9.17, 15) is 0 Å². The van der Waals surface area contributed by atoms with Gasteiger partial charge in [-0.2, -0.15) is 5.10 Å². The van der Waals surface area contributed by atoms with E-state index in [1.807, 2.05) is 0 Å². The number of nitrogens with zero attached hydrogens (tertiary/aromatic N) is 2. The van der Waals surface area contributed by atoms with Gasteiger partial charge in [-0.1, -0.05) is 0 Å². The molecule has 4 aliphatic carbocycles. The average molecular weight is 259 g/mol. The summed E-state index contributed by atoms with van der Waals surface area (Å²) in [5, 5.41) is 4.88. The molecule has 0 aliphatic heterocycles. The van der Waals surface area contributed by atoms with Crippen molar-refractivity contribution >= 4 is 0 Å². The summed E-state index contributed by atoms with van der Waals surface area (Å²) in [7, 11) is 0. The first-order chi connectivity index (χ1) is 9.28. The maximum atomic E-state index is 5.96. The van der Waals surface area contributed by atoms with Crippen LogP contribution in [0.3, 0.4) is 0 Å². The molecule has 2 N–H and O–H groups in total. The van der Waals surface area contributed by atoms with Gasteiger partial charge < -0.3 is 5.73 Å². The molecule has 0 amide bonds. The van der Waals surface area contributed by atoms with Gasteiger partial charge >= 0.3 is 0 Å². The molecule has 0 atom stereocenters. The molecule has 0 radical (unpaired) electrons. The Balaban J connectivity index is 1.70. The van der Waals surface area contributed by atoms with Crippen LogP contribution in [-0.2, 0) is 13.1 Å². The minimum absolute atomic E-state index is 0.651. The van der Waals surface area contributed by atoms with Crippen molar-refractivity contribution in [3.05, 3.63) is 17.5 Å². The minimum atomic E-state index is 0.651. The van der Waals surface area contributed by atoms with Crippen LogP contribution < -0.4 is 5.73 Å². The summed E-state index contributed by atoms with van der Waals surface area (Å²) in [6.07, 6.45) is 9.54. The van der Waals surface area contributed by atoms with Gasteiger partial charge in [0, 0.05) is 30.8 Å². The maximum absolute atomic E-state index is 5.96. The number of hydrogen-bond donors (Lipinski definition) is 1. The van der Waals surface area contributed by atoms with Gasteiger partial charge in [0.2, 0.25) is 0 Å². The number of hydrogen-bond acceptors (Lipinski definition) is 2. The maximum Gasteiger partial charge on any atom is 0.0705 e. The van der Waals surface area contributed by atoms with Crippen LogP contribution in [-0.4, -0.2) is 9.78 Å². The van der Waals surface area contributed by atoms with Gasteiger partial charge in [0.1, 0.15) is 0 Å². The zero-order chi connectivity index (χ0) is 13.0. The van der Waals surface area contributed by atoms with Crippen LogP contribution in [0, 0.1) is 23.7 Å². The van der Waals surface area contributed by atoms with Gasteiger partial charge in [0.15, 0.2) is 0 Å². The summed E-state index contributed by atoms with van der Waals surface area (Å²) in [5.41, 5.74) is 8.62. The summed E-state index contributed by atoms with van der Waals surface area (Å²) in [5.74, 6) is 4.60. The van der Waals surface area contributed by atoms with Gasteiger partial charge in [-0.15, -0.1) is 0 Å². The third-order valence-corrected chi connectivity index (χ3v) is 5.96. The molecule has 4 aliphatic rings. The largest absolute Gasteiger partial charge is 0.326 e. The second kappa shape index (κ2) is 4.34. The van der Waals surface area contributed by atoms with Crippen molar-refractivity contribution in [2.45, 2.75) is 58.0 Å². The Hall–Kier alpha value is -0.830. The molecule has 0 unspecified atom stereocenters. The molecule has 3 nitrogen and oxygen atoms in total. The third-order valence-electron chi connectivity index (χ3n) is 5.96. The summed E-state index contributed by atoms with van der Waals surface area (Å²) >= 11 is 0. The van der Waals surface area contributed by atoms with E-state index in [2.05, 4.69) is 17.8 Å². The molecule has 19 heavy (non-hydrogen) atoms. The van der Waals surface area contributed by atoms with E-state index in [4.69, 9.17) is 10.8 Å². The van der Waals surface area contributed by atoms with Crippen molar-refractivity contribution < 1.29 is 0 Å². The van der Waals surface area contributed by atoms with Crippen molar-refractivity contribution in [1.82, 2.24) is 9.78 Å². The Morgan fingerprint density at radius 2 is 1.79 bits per heavy atom. The normalized spacial score (nSPS) is 40.0. The number of nitrogens with two attached hydrogens (primary N) is 1. The number of rotatable bonds is 3. The van der Waals surface area contributed by atoms with Crippen LogP contribution in [0.4, 0.5) is 0 Å². The molecular formula is C16H25N3. The SMILES string of the molecule is CCn1cc(CN)c(C2C3CC4CC(C3)CC2C4)n1. The van der Waals surface area contributed by atoms with Crippen molar-refractivity contribution in [2.75, 3.05) is 0 Å². The van der Waals surface area contributed by atoms with E-state index >= 15 is 0 Å². The van der Waals surface area contributed by atoms with Crippen LogP contribution in [0.25, 0.3) is 0 Å². The summed E-state index contributed by atoms with van der Waals surface area (Å²) in [6.45, 7) is 3.77. The monoisotopic (exact) mass is 259 g/mol. The van der Waals surface area contributed by atoms with E-state index in [1.165, 1.54) is 43.4 Å². The Morgan fingerprint density at radius 3 is 2.32 bits per heavy atom. The second-order valence-corrected chi connectivity index (χ2v) is 7.06. The lowest BCUT2D eigenvalue weighted by Gasteiger charge is -2.54. The summed E-state index contributed by atoms with van der Waals surface area (Å²) < 4.78 is 2.09. The van der Waals surface area contributed by atoms with Crippen LogP contribution in [0.5, 0.6) is 0 Å². The van der Waals surface area contributed by atoms with Crippen molar-refractivity contribution in [3.63, 3.8) is 0 Å². The molecule has 3 heteroatoms. The van der Waals surface area contributed by atoms with Crippen molar-refractivity contribution in [3.8, 4) is 0 Å². The van der Waals surface area contributed by atoms with E-state index in [-0.39, 0.29) is 0 Å². The fraction of sp³-hybridized carbons (Fsp3) is 0.812. The zero-order valence-corrected chi connectivity index (χ0v) is 11.9. The Bertz CT molecular complexity index is 448. The quantitative estimate of drug-likeness (QED) is 0.907. The molecule has 1 heterocycles. The minimum Gasteiger partial charge on any atom is -0.326 e. The highest BCUT2D eigenvalue weighted by atomic mass is 15.3. The van der Waals surface area contributed by atoms with Gasteiger partial charge in [-0.25, -0.2) is 0 Å². The van der Waals surface area contributed by atoms with Gasteiger partial charge in [-0.3, -0.25) is 4.68 Å². The number of aromatic nitrogens is 2. The first kappa shape index (κ1) is 12.0. The van der Waals surface area contributed by atoms with Crippen LogP contribution >= 0.6 is 0 Å². The van der Waals surface area contributed by atoms with E-state index in [0.29, 0.717) is 6.54 Å². The predicted octanol–water partition coefficient (Wildman–Crippen LogP) is 2.90. The van der Waals surface area contributed by atoms with Crippen molar-refractivity contribution in [2.24, 2.45) is 29.4 Å². The lowest BCUT2D eigenvalue weighted by atomic mass is 9.51. The molecule has 5 rings (SSSR count). The summed E-state index contributed by atoms with van der Waals surface area (Å²) in [4.78, 5) is 0. The molecule has 0 saturated heterocycles. The lowest BCUT2D eigenvalue weighted by molar-refractivity contribution is -0.00460. The van der Waals surface area contributed by atoms with Crippen LogP contribution in [0.15, 0.2) is 6.20 Å². The molecule has 1 aromatic rings. The van der Waals surface area contributed by atoms with E-state index in [1.54, 1.807) is 0 Å². The molecule has 1 aromatic heterocycles. The second-order valence-electron chi connectivity index (χ2n) is 7.06. The molecule has 104 valence electrons. The smallest absolute Gasteiger partial charge is 0.0705 e. The van der Waals surface area contributed by atoms with Gasteiger partial charge in [0.25, 0.3) is 0 Å². The third kappa shape index (κ3) is 1.78. The molecule has 0 spiro atoms. The standard InChI is InChI=1S/C16H25N3/c1-2-19-9-14(8-17)16(18-19)15-12-4-10-3-11(6-12)7-13(15)5-10/h9-13,15H,2-8,17H2,1H3. The van der Waals surface area contributed by atoms with Gasteiger partial charge in [0.05, 0.1) is 5.69 Å². The van der Waals surface area contributed by atoms with E-state index < -0.39 is 0 Å². The molecular weight excluding hydrogens is 234 g/mol. The highest BCUT2D eigenvalue weighted by molar-refractivity contribution is 5.25. The number of aryl methyl sites for hydroxylation is 1. The average Bonchev–Trinajstić information content (AvgIpc) is 2.81. The molecule has 4 fully saturated rings. The fourth-order valence-corrected chi connectivity index (χ4v) is 5.45. The predicted molar refractivity (Wildman–Crippen MR) is 75.6 cm³/mol. The Kier molecular flexibility index (Phi) is 2.73. The first-order valence-corrected chi connectivity index (χ1v) is 8.04.